The molecule has 3 aromatic rings. The van der Waals surface area contributed by atoms with Crippen molar-refractivity contribution in [1.29, 1.82) is 0 Å². The van der Waals surface area contributed by atoms with E-state index in [1.807, 2.05) is 24.3 Å². The molecule has 154 valence electrons. The summed E-state index contributed by atoms with van der Waals surface area (Å²) in [5.41, 5.74) is 6.52. The first-order chi connectivity index (χ1) is 14.7. The topological polar surface area (TPSA) is 41.6 Å². The van der Waals surface area contributed by atoms with Crippen molar-refractivity contribution in [3.05, 3.63) is 95.1 Å². The zero-order chi connectivity index (χ0) is 20.9. The summed E-state index contributed by atoms with van der Waals surface area (Å²) >= 11 is 0. The second kappa shape index (κ2) is 9.04. The minimum absolute atomic E-state index is 0.0604. The molecule has 4 nitrogen and oxygen atoms in total. The van der Waals surface area contributed by atoms with Crippen LogP contribution in [0.25, 0.3) is 0 Å². The predicted molar refractivity (Wildman–Crippen MR) is 122 cm³/mol. The highest BCUT2D eigenvalue weighted by Gasteiger charge is 2.30. The summed E-state index contributed by atoms with van der Waals surface area (Å²) in [6, 6.07) is 25.1. The van der Waals surface area contributed by atoms with Crippen molar-refractivity contribution in [2.75, 3.05) is 23.9 Å². The molecule has 4 rings (SSSR count). The van der Waals surface area contributed by atoms with Gasteiger partial charge < -0.3 is 15.0 Å². The van der Waals surface area contributed by atoms with Crippen LogP contribution in [-0.4, -0.2) is 19.6 Å². The van der Waals surface area contributed by atoms with Crippen LogP contribution in [0.3, 0.4) is 0 Å². The van der Waals surface area contributed by atoms with Crippen molar-refractivity contribution in [1.82, 2.24) is 0 Å². The fourth-order valence-corrected chi connectivity index (χ4v) is 4.00. The van der Waals surface area contributed by atoms with Gasteiger partial charge in [0.15, 0.2) is 0 Å². The molecule has 4 heteroatoms. The molecule has 0 spiro atoms. The maximum absolute atomic E-state index is 11.9. The number of hydrogen-bond donors (Lipinski definition) is 1. The lowest BCUT2D eigenvalue weighted by Gasteiger charge is -2.27. The van der Waals surface area contributed by atoms with E-state index in [1.54, 1.807) is 0 Å². The maximum Gasteiger partial charge on any atom is 0.337 e. The highest BCUT2D eigenvalue weighted by molar-refractivity contribution is 5.93. The van der Waals surface area contributed by atoms with Crippen LogP contribution >= 0.6 is 0 Å². The standard InChI is InChI=1S/C26H28N2O2/c1-3-4-16-28-24-15-14-22(26(29)30-2)18-23(24)27-25(28)21-12-10-20(11-13-21)17-19-8-6-5-7-9-19/h5-15,18,25,27H,3-4,16-17H2,1-2H3. The number of ether oxygens (including phenoxy) is 1. The largest absolute Gasteiger partial charge is 0.465 e. The molecular weight excluding hydrogens is 372 g/mol. The van der Waals surface area contributed by atoms with Gasteiger partial charge in [0, 0.05) is 6.54 Å². The SMILES string of the molecule is CCCCN1c2ccc(C(=O)OC)cc2NC1c1ccc(Cc2ccccc2)cc1. The van der Waals surface area contributed by atoms with Gasteiger partial charge in [0.25, 0.3) is 0 Å². The van der Waals surface area contributed by atoms with Gasteiger partial charge in [-0.15, -0.1) is 0 Å². The molecule has 0 amide bonds. The smallest absolute Gasteiger partial charge is 0.337 e. The number of fused-ring (bicyclic) bond motifs is 1. The molecule has 1 aliphatic heterocycles. The van der Waals surface area contributed by atoms with E-state index >= 15 is 0 Å². The Labute approximate surface area is 178 Å². The van der Waals surface area contributed by atoms with Gasteiger partial charge in [0.2, 0.25) is 0 Å². The van der Waals surface area contributed by atoms with Gasteiger partial charge >= 0.3 is 5.97 Å². The average Bonchev–Trinajstić information content (AvgIpc) is 3.16. The van der Waals surface area contributed by atoms with Gasteiger partial charge in [-0.1, -0.05) is 67.9 Å². The van der Waals surface area contributed by atoms with Gasteiger partial charge in [-0.3, -0.25) is 0 Å². The Morgan fingerprint density at radius 1 is 1.00 bits per heavy atom. The number of hydrogen-bond acceptors (Lipinski definition) is 4. The molecule has 0 saturated carbocycles. The van der Waals surface area contributed by atoms with Gasteiger partial charge in [0.1, 0.15) is 6.17 Å². The third-order valence-electron chi connectivity index (χ3n) is 5.63. The Morgan fingerprint density at radius 3 is 2.43 bits per heavy atom. The van der Waals surface area contributed by atoms with Crippen LogP contribution in [0.15, 0.2) is 72.8 Å². The molecule has 0 saturated heterocycles. The minimum Gasteiger partial charge on any atom is -0.465 e. The number of unbranched alkanes of at least 4 members (excludes halogenated alkanes) is 1. The first-order valence-electron chi connectivity index (χ1n) is 10.6. The second-order valence-corrected chi connectivity index (χ2v) is 7.72. The highest BCUT2D eigenvalue weighted by atomic mass is 16.5. The van der Waals surface area contributed by atoms with Crippen molar-refractivity contribution in [3.63, 3.8) is 0 Å². The molecule has 1 N–H and O–H groups in total. The average molecular weight is 401 g/mol. The van der Waals surface area contributed by atoms with E-state index in [1.165, 1.54) is 23.8 Å². The van der Waals surface area contributed by atoms with Gasteiger partial charge in [-0.05, 0) is 47.7 Å². The van der Waals surface area contributed by atoms with E-state index in [9.17, 15) is 4.79 Å². The summed E-state index contributed by atoms with van der Waals surface area (Å²) in [5.74, 6) is -0.312. The lowest BCUT2D eigenvalue weighted by molar-refractivity contribution is 0.0601. The van der Waals surface area contributed by atoms with Crippen molar-refractivity contribution in [2.24, 2.45) is 0 Å². The second-order valence-electron chi connectivity index (χ2n) is 7.72. The van der Waals surface area contributed by atoms with E-state index < -0.39 is 0 Å². The molecule has 0 aromatic heterocycles. The number of nitrogens with one attached hydrogen (secondary N) is 1. The molecule has 3 aromatic carbocycles. The lowest BCUT2D eigenvalue weighted by atomic mass is 10.0. The first-order valence-corrected chi connectivity index (χ1v) is 10.6. The van der Waals surface area contributed by atoms with Crippen molar-refractivity contribution >= 4 is 17.3 Å². The number of methoxy groups -OCH3 is 1. The number of nitrogens with zero attached hydrogens (tertiary/aromatic N) is 1. The Morgan fingerprint density at radius 2 is 1.73 bits per heavy atom. The number of anilines is 2. The molecule has 30 heavy (non-hydrogen) atoms. The first kappa shape index (κ1) is 20.0. The number of esters is 1. The van der Waals surface area contributed by atoms with Gasteiger partial charge in [-0.25, -0.2) is 4.79 Å². The van der Waals surface area contributed by atoms with Crippen LogP contribution in [0.2, 0.25) is 0 Å². The fourth-order valence-electron chi connectivity index (χ4n) is 4.00. The molecule has 1 aliphatic rings. The van der Waals surface area contributed by atoms with Crippen molar-refractivity contribution in [3.8, 4) is 0 Å². The van der Waals surface area contributed by atoms with Gasteiger partial charge in [-0.2, -0.15) is 0 Å². The zero-order valence-electron chi connectivity index (χ0n) is 17.6. The van der Waals surface area contributed by atoms with E-state index in [0.717, 1.165) is 37.2 Å². The van der Waals surface area contributed by atoms with E-state index in [0.29, 0.717) is 5.56 Å². The predicted octanol–water partition coefficient (Wildman–Crippen LogP) is 5.79. The molecule has 1 atom stereocenters. The molecule has 0 fully saturated rings. The minimum atomic E-state index is -0.312. The van der Waals surface area contributed by atoms with E-state index in [4.69, 9.17) is 4.74 Å². The monoisotopic (exact) mass is 400 g/mol. The summed E-state index contributed by atoms with van der Waals surface area (Å²) < 4.78 is 4.88. The Bertz CT molecular complexity index is 999. The van der Waals surface area contributed by atoms with Crippen molar-refractivity contribution < 1.29 is 9.53 Å². The third-order valence-corrected chi connectivity index (χ3v) is 5.63. The summed E-state index contributed by atoms with van der Waals surface area (Å²) in [6.45, 7) is 3.17. The summed E-state index contributed by atoms with van der Waals surface area (Å²) in [7, 11) is 1.41. The summed E-state index contributed by atoms with van der Waals surface area (Å²) in [6.07, 6.45) is 3.24. The van der Waals surface area contributed by atoms with Crippen LogP contribution in [0.1, 0.15) is 53.0 Å². The Hall–Kier alpha value is -3.27. The normalized spacial score (nSPS) is 14.9. The van der Waals surface area contributed by atoms with Gasteiger partial charge in [0.05, 0.1) is 24.0 Å². The molecular formula is C26H28N2O2. The number of benzene rings is 3. The number of rotatable bonds is 7. The van der Waals surface area contributed by atoms with E-state index in [-0.39, 0.29) is 12.1 Å². The van der Waals surface area contributed by atoms with Crippen LogP contribution < -0.4 is 10.2 Å². The molecule has 0 aliphatic carbocycles. The van der Waals surface area contributed by atoms with Crippen LogP contribution in [-0.2, 0) is 11.2 Å². The Balaban J connectivity index is 1.57. The van der Waals surface area contributed by atoms with Crippen LogP contribution in [0.4, 0.5) is 11.4 Å². The molecule has 1 unspecified atom stereocenters. The molecule has 0 radical (unpaired) electrons. The summed E-state index contributed by atoms with van der Waals surface area (Å²) in [5, 5.41) is 3.62. The van der Waals surface area contributed by atoms with Crippen LogP contribution in [0.5, 0.6) is 0 Å². The maximum atomic E-state index is 11.9. The third kappa shape index (κ3) is 4.18. The Kier molecular flexibility index (Phi) is 6.03. The summed E-state index contributed by atoms with van der Waals surface area (Å²) in [4.78, 5) is 14.3. The van der Waals surface area contributed by atoms with E-state index in [2.05, 4.69) is 65.7 Å². The lowest BCUT2D eigenvalue weighted by Crippen LogP contribution is -2.29. The quantitative estimate of drug-likeness (QED) is 0.509. The number of carbonyl (C=O) groups excluding carboxylic acids is 1. The molecule has 0 bridgehead atoms. The van der Waals surface area contributed by atoms with Crippen LogP contribution in [0, 0.1) is 0 Å². The van der Waals surface area contributed by atoms with Crippen molar-refractivity contribution in [2.45, 2.75) is 32.4 Å². The highest BCUT2D eigenvalue weighted by Crippen LogP contribution is 2.42. The fraction of sp³-hybridized carbons (Fsp3) is 0.269. The zero-order valence-corrected chi connectivity index (χ0v) is 17.6. The molecule has 1 heterocycles. The number of carbonyl (C=O) groups is 1.